The fourth-order valence-electron chi connectivity index (χ4n) is 5.09. The maximum absolute atomic E-state index is 14.6. The van der Waals surface area contributed by atoms with Crippen molar-refractivity contribution < 1.29 is 9.13 Å². The summed E-state index contributed by atoms with van der Waals surface area (Å²) in [6.45, 7) is 2.69. The van der Waals surface area contributed by atoms with Crippen molar-refractivity contribution >= 4 is 27.8 Å². The molecule has 0 unspecified atom stereocenters. The van der Waals surface area contributed by atoms with Gasteiger partial charge in [-0.25, -0.2) is 14.4 Å². The van der Waals surface area contributed by atoms with Crippen molar-refractivity contribution in [2.24, 2.45) is 5.73 Å². The Morgan fingerprint density at radius 1 is 1.05 bits per heavy atom. The third-order valence-corrected chi connectivity index (χ3v) is 7.29. The molecular formula is C30H29FN10O. The smallest absolute Gasteiger partial charge is 0.159 e. The molecule has 1 aliphatic heterocycles. The number of fused-ring (bicyclic) bond motifs is 2. The van der Waals surface area contributed by atoms with E-state index in [9.17, 15) is 4.39 Å². The summed E-state index contributed by atoms with van der Waals surface area (Å²) >= 11 is 0. The first-order valence-electron chi connectivity index (χ1n) is 13.7. The number of H-pyrrole nitrogens is 2. The maximum atomic E-state index is 14.6. The zero-order valence-electron chi connectivity index (χ0n) is 23.2. The van der Waals surface area contributed by atoms with Gasteiger partial charge < -0.3 is 25.3 Å². The molecule has 4 aromatic heterocycles. The summed E-state index contributed by atoms with van der Waals surface area (Å²) in [4.78, 5) is 26.1. The van der Waals surface area contributed by atoms with Crippen molar-refractivity contribution in [3.05, 3.63) is 66.9 Å². The second kappa shape index (κ2) is 10.5. The van der Waals surface area contributed by atoms with E-state index in [0.717, 1.165) is 47.4 Å². The lowest BCUT2D eigenvalue weighted by atomic mass is 10.0. The molecule has 7 rings (SSSR count). The number of benzene rings is 2. The number of pyridine rings is 1. The molecule has 0 atom stereocenters. The summed E-state index contributed by atoms with van der Waals surface area (Å²) in [5.74, 6) is 1.45. The van der Waals surface area contributed by atoms with Gasteiger partial charge in [-0.3, -0.25) is 15.1 Å². The highest BCUT2D eigenvalue weighted by Gasteiger charge is 2.25. The molecule has 11 nitrogen and oxygen atoms in total. The molecule has 1 saturated heterocycles. The highest BCUT2D eigenvalue weighted by Crippen LogP contribution is 2.34. The number of para-hydroxylation sites is 1. The van der Waals surface area contributed by atoms with Gasteiger partial charge in [-0.15, -0.1) is 0 Å². The van der Waals surface area contributed by atoms with Gasteiger partial charge in [-0.05, 0) is 43.9 Å². The van der Waals surface area contributed by atoms with E-state index in [1.807, 2.05) is 49.3 Å². The van der Waals surface area contributed by atoms with Crippen molar-refractivity contribution in [2.75, 3.05) is 45.2 Å². The van der Waals surface area contributed by atoms with Crippen LogP contribution in [0.4, 0.5) is 10.2 Å². The minimum Gasteiger partial charge on any atom is -0.492 e. The van der Waals surface area contributed by atoms with Crippen LogP contribution in [0.5, 0.6) is 5.75 Å². The second-order valence-electron chi connectivity index (χ2n) is 10.7. The van der Waals surface area contributed by atoms with E-state index in [4.69, 9.17) is 20.4 Å². The number of hydrogen-bond acceptors (Lipinski definition) is 9. The summed E-state index contributed by atoms with van der Waals surface area (Å²) < 4.78 is 20.5. The van der Waals surface area contributed by atoms with Crippen molar-refractivity contribution in [3.8, 4) is 39.8 Å². The molecule has 0 aliphatic carbocycles. The topological polar surface area (TPSA) is 138 Å². The number of nitrogens with zero attached hydrogens (tertiary/aromatic N) is 7. The number of rotatable bonds is 8. The molecule has 0 radical (unpaired) electrons. The Bertz CT molecular complexity index is 1910. The Balaban J connectivity index is 1.24. The van der Waals surface area contributed by atoms with Gasteiger partial charge in [0.25, 0.3) is 0 Å². The highest BCUT2D eigenvalue weighted by molar-refractivity contribution is 5.97. The number of imidazole rings is 1. The first kappa shape index (κ1) is 26.0. The first-order chi connectivity index (χ1) is 20.4. The zero-order chi connectivity index (χ0) is 28.8. The number of ether oxygens (including phenoxy) is 1. The Hall–Kier alpha value is -4.94. The van der Waals surface area contributed by atoms with E-state index in [1.165, 1.54) is 12.1 Å². The molecular weight excluding hydrogens is 535 g/mol. The van der Waals surface area contributed by atoms with Crippen LogP contribution in [0.2, 0.25) is 0 Å². The van der Waals surface area contributed by atoms with E-state index < -0.39 is 0 Å². The molecule has 1 aliphatic rings. The molecule has 0 bridgehead atoms. The lowest BCUT2D eigenvalue weighted by Crippen LogP contribution is -2.56. The van der Waals surface area contributed by atoms with Gasteiger partial charge in [-0.1, -0.05) is 12.1 Å². The summed E-state index contributed by atoms with van der Waals surface area (Å²) in [5, 5.41) is 8.43. The number of nitrogens with one attached hydrogen (secondary N) is 2. The van der Waals surface area contributed by atoms with Crippen LogP contribution in [0.25, 0.3) is 56.0 Å². The van der Waals surface area contributed by atoms with Gasteiger partial charge >= 0.3 is 0 Å². The number of likely N-dealkylation sites (N-methyl/N-ethyl adjacent to an activating group) is 1. The van der Waals surface area contributed by atoms with Crippen molar-refractivity contribution in [1.29, 1.82) is 0 Å². The van der Waals surface area contributed by atoms with Crippen LogP contribution < -0.4 is 15.4 Å². The van der Waals surface area contributed by atoms with Crippen LogP contribution in [0.1, 0.15) is 0 Å². The molecule has 6 aromatic rings. The van der Waals surface area contributed by atoms with Crippen LogP contribution in [0, 0.1) is 5.82 Å². The molecule has 42 heavy (non-hydrogen) atoms. The fraction of sp³-hybridized carbons (Fsp3) is 0.233. The van der Waals surface area contributed by atoms with Crippen molar-refractivity contribution in [1.82, 2.24) is 40.0 Å². The van der Waals surface area contributed by atoms with Crippen LogP contribution in [0.15, 0.2) is 61.1 Å². The lowest BCUT2D eigenvalue weighted by molar-refractivity contribution is 0.260. The van der Waals surface area contributed by atoms with Crippen LogP contribution >= 0.6 is 0 Å². The molecule has 5 heterocycles. The minimum atomic E-state index is -0.373. The summed E-state index contributed by atoms with van der Waals surface area (Å²) in [6.07, 6.45) is 5.16. The Kier molecular flexibility index (Phi) is 6.48. The third kappa shape index (κ3) is 4.91. The van der Waals surface area contributed by atoms with Crippen molar-refractivity contribution in [2.45, 2.75) is 6.04 Å². The molecule has 1 fully saturated rings. The van der Waals surface area contributed by atoms with Gasteiger partial charge in [-0.2, -0.15) is 5.10 Å². The van der Waals surface area contributed by atoms with Gasteiger partial charge in [0.1, 0.15) is 35.4 Å². The predicted octanol–water partition coefficient (Wildman–Crippen LogP) is 3.85. The first-order valence-corrected chi connectivity index (χ1v) is 13.7. The Morgan fingerprint density at radius 2 is 1.93 bits per heavy atom. The standard InChI is InChI=1S/C30H29FN10O/c1-40(2)6-7-42-20-9-17(8-18(31)10-20)21-4-3-5-23-28(21)37-30(36-23)29-22-11-24(34-13-25(22)38-39-29)26-12-33-14-27(35-26)41-15-19(32)16-41/h3-5,8-14,19H,6-7,15-16,32H2,1-2H3,(H,36,37)(H,38,39). The molecule has 0 spiro atoms. The minimum absolute atomic E-state index is 0.159. The van der Waals surface area contributed by atoms with Crippen LogP contribution in [0.3, 0.4) is 0 Å². The number of aromatic nitrogens is 7. The number of halogens is 1. The largest absolute Gasteiger partial charge is 0.492 e. The second-order valence-corrected chi connectivity index (χ2v) is 10.7. The zero-order valence-corrected chi connectivity index (χ0v) is 23.2. The van der Waals surface area contributed by atoms with Gasteiger partial charge in [0.2, 0.25) is 0 Å². The summed E-state index contributed by atoms with van der Waals surface area (Å²) in [6, 6.07) is 12.6. The van der Waals surface area contributed by atoms with Gasteiger partial charge in [0.15, 0.2) is 5.82 Å². The number of hydrogen-bond donors (Lipinski definition) is 3. The summed E-state index contributed by atoms with van der Waals surface area (Å²) in [5.41, 5.74) is 11.6. The molecule has 212 valence electrons. The van der Waals surface area contributed by atoms with E-state index in [0.29, 0.717) is 46.3 Å². The van der Waals surface area contributed by atoms with E-state index >= 15 is 0 Å². The number of nitrogens with two attached hydrogens (primary N) is 1. The molecule has 0 amide bonds. The van der Waals surface area contributed by atoms with Crippen LogP contribution in [-0.4, -0.2) is 86.4 Å². The quantitative estimate of drug-likeness (QED) is 0.252. The van der Waals surface area contributed by atoms with E-state index in [1.54, 1.807) is 18.6 Å². The normalized spacial score (nSPS) is 13.8. The van der Waals surface area contributed by atoms with Gasteiger partial charge in [0, 0.05) is 42.7 Å². The molecule has 12 heteroatoms. The maximum Gasteiger partial charge on any atom is 0.159 e. The average Bonchev–Trinajstić information content (AvgIpc) is 3.59. The van der Waals surface area contributed by atoms with E-state index in [-0.39, 0.29) is 11.9 Å². The van der Waals surface area contributed by atoms with Crippen LogP contribution in [-0.2, 0) is 0 Å². The third-order valence-electron chi connectivity index (χ3n) is 7.29. The highest BCUT2D eigenvalue weighted by atomic mass is 19.1. The Morgan fingerprint density at radius 3 is 2.76 bits per heavy atom. The van der Waals surface area contributed by atoms with Gasteiger partial charge in [0.05, 0.1) is 40.8 Å². The molecule has 2 aromatic carbocycles. The predicted molar refractivity (Wildman–Crippen MR) is 160 cm³/mol. The summed E-state index contributed by atoms with van der Waals surface area (Å²) in [7, 11) is 3.93. The lowest BCUT2D eigenvalue weighted by Gasteiger charge is -2.37. The van der Waals surface area contributed by atoms with Crippen molar-refractivity contribution in [3.63, 3.8) is 0 Å². The number of aromatic amines is 2. The average molecular weight is 565 g/mol. The fourth-order valence-corrected chi connectivity index (χ4v) is 5.09. The molecule has 4 N–H and O–H groups in total. The Labute approximate surface area is 240 Å². The molecule has 0 saturated carbocycles. The number of anilines is 1. The van der Waals surface area contributed by atoms with E-state index in [2.05, 4.69) is 30.0 Å². The SMILES string of the molecule is CN(C)CCOc1cc(F)cc(-c2cccc3[nH]c(-c4n[nH]c5cnc(-c6cncc(N7CC(N)C7)n6)cc45)nc23)c1. The monoisotopic (exact) mass is 564 g/mol.